The van der Waals surface area contributed by atoms with Gasteiger partial charge in [-0.15, -0.1) is 0 Å². The first-order valence-corrected chi connectivity index (χ1v) is 4.25. The summed E-state index contributed by atoms with van der Waals surface area (Å²) in [4.78, 5) is 2.01. The van der Waals surface area contributed by atoms with Gasteiger partial charge < -0.3 is 0 Å². The zero-order valence-corrected chi connectivity index (χ0v) is 6.74. The lowest BCUT2D eigenvalue weighted by Crippen LogP contribution is -2.21. The van der Waals surface area contributed by atoms with Crippen LogP contribution < -0.4 is 0 Å². The molecule has 0 aromatic rings. The molecule has 0 saturated heterocycles. The van der Waals surface area contributed by atoms with E-state index in [0.29, 0.717) is 6.54 Å². The molecule has 0 atom stereocenters. The van der Waals surface area contributed by atoms with Crippen LogP contribution in [-0.4, -0.2) is 37.0 Å². The maximum absolute atomic E-state index is 8.24. The van der Waals surface area contributed by atoms with Gasteiger partial charge in [0, 0.05) is 12.3 Å². The highest BCUT2D eigenvalue weighted by Gasteiger charge is 1.92. The minimum absolute atomic E-state index is 0.542. The largest absolute Gasteiger partial charge is 0.293 e. The molecule has 0 radical (unpaired) electrons. The van der Waals surface area contributed by atoms with Gasteiger partial charge in [-0.25, -0.2) is 0 Å². The van der Waals surface area contributed by atoms with Gasteiger partial charge in [0.2, 0.25) is 0 Å². The molecular formula is C6H12N2S. The van der Waals surface area contributed by atoms with Crippen molar-refractivity contribution in [1.29, 1.82) is 5.26 Å². The average Bonchev–Trinajstić information content (AvgIpc) is 1.85. The van der Waals surface area contributed by atoms with E-state index >= 15 is 0 Å². The van der Waals surface area contributed by atoms with Crippen LogP contribution in [0.15, 0.2) is 0 Å². The Morgan fingerprint density at radius 1 is 1.67 bits per heavy atom. The lowest BCUT2D eigenvalue weighted by atomic mass is 10.6. The maximum atomic E-state index is 8.24. The Bertz CT molecular complexity index is 97.7. The van der Waals surface area contributed by atoms with Gasteiger partial charge in [0.05, 0.1) is 12.6 Å². The Hall–Kier alpha value is -0.200. The van der Waals surface area contributed by atoms with Crippen LogP contribution in [0.4, 0.5) is 0 Å². The molecule has 0 unspecified atom stereocenters. The predicted molar refractivity (Wildman–Crippen MR) is 41.5 cm³/mol. The van der Waals surface area contributed by atoms with Gasteiger partial charge in [-0.3, -0.25) is 4.90 Å². The number of nitriles is 1. The Labute approximate surface area is 60.8 Å². The second-order valence-corrected chi connectivity index (χ2v) is 2.87. The van der Waals surface area contributed by atoms with Crippen molar-refractivity contribution in [3.63, 3.8) is 0 Å². The Balaban J connectivity index is 3.08. The van der Waals surface area contributed by atoms with Gasteiger partial charge in [0.25, 0.3) is 0 Å². The molecule has 0 aromatic carbocycles. The van der Waals surface area contributed by atoms with Crippen molar-refractivity contribution in [2.45, 2.75) is 0 Å². The molecule has 9 heavy (non-hydrogen) atoms. The van der Waals surface area contributed by atoms with E-state index in [1.54, 1.807) is 11.8 Å². The first-order chi connectivity index (χ1) is 4.31. The van der Waals surface area contributed by atoms with E-state index in [0.717, 1.165) is 12.3 Å². The highest BCUT2D eigenvalue weighted by atomic mass is 32.2. The van der Waals surface area contributed by atoms with Crippen molar-refractivity contribution >= 4 is 11.8 Å². The highest BCUT2D eigenvalue weighted by molar-refractivity contribution is 7.98. The van der Waals surface area contributed by atoms with Crippen molar-refractivity contribution in [3.05, 3.63) is 0 Å². The monoisotopic (exact) mass is 144 g/mol. The van der Waals surface area contributed by atoms with Crippen LogP contribution in [0.3, 0.4) is 0 Å². The minimum Gasteiger partial charge on any atom is -0.293 e. The second-order valence-electron chi connectivity index (χ2n) is 1.89. The molecule has 0 spiro atoms. The standard InChI is InChI=1S/C6H12N2S/c1-8(4-3-7)5-6-9-2/h4-6H2,1-2H3. The van der Waals surface area contributed by atoms with E-state index in [4.69, 9.17) is 5.26 Å². The summed E-state index contributed by atoms with van der Waals surface area (Å²) in [5, 5.41) is 8.24. The molecule has 0 aromatic heterocycles. The average molecular weight is 144 g/mol. The number of hydrogen-bond acceptors (Lipinski definition) is 3. The zero-order chi connectivity index (χ0) is 7.11. The highest BCUT2D eigenvalue weighted by Crippen LogP contribution is 1.91. The second kappa shape index (κ2) is 5.93. The van der Waals surface area contributed by atoms with Crippen molar-refractivity contribution in [2.75, 3.05) is 32.1 Å². The molecular weight excluding hydrogens is 132 g/mol. The fourth-order valence-electron chi connectivity index (χ4n) is 0.447. The van der Waals surface area contributed by atoms with E-state index in [2.05, 4.69) is 12.3 Å². The van der Waals surface area contributed by atoms with Crippen LogP contribution in [0.5, 0.6) is 0 Å². The zero-order valence-electron chi connectivity index (χ0n) is 5.92. The summed E-state index contributed by atoms with van der Waals surface area (Å²) in [6.45, 7) is 1.55. The molecule has 0 bridgehead atoms. The molecule has 0 fully saturated rings. The fourth-order valence-corrected chi connectivity index (χ4v) is 0.941. The van der Waals surface area contributed by atoms with E-state index in [9.17, 15) is 0 Å². The first-order valence-electron chi connectivity index (χ1n) is 2.85. The van der Waals surface area contributed by atoms with Crippen LogP contribution in [0.25, 0.3) is 0 Å². The molecule has 3 heteroatoms. The van der Waals surface area contributed by atoms with Crippen molar-refractivity contribution in [1.82, 2.24) is 4.90 Å². The Morgan fingerprint density at radius 2 is 2.33 bits per heavy atom. The Morgan fingerprint density at radius 3 is 2.78 bits per heavy atom. The van der Waals surface area contributed by atoms with Crippen LogP contribution >= 0.6 is 11.8 Å². The van der Waals surface area contributed by atoms with Crippen molar-refractivity contribution in [2.24, 2.45) is 0 Å². The quantitative estimate of drug-likeness (QED) is 0.546. The van der Waals surface area contributed by atoms with Crippen molar-refractivity contribution < 1.29 is 0 Å². The molecule has 0 amide bonds. The molecule has 0 N–H and O–H groups in total. The summed E-state index contributed by atoms with van der Waals surface area (Å²) < 4.78 is 0. The molecule has 0 heterocycles. The van der Waals surface area contributed by atoms with Crippen molar-refractivity contribution in [3.8, 4) is 6.07 Å². The van der Waals surface area contributed by atoms with Gasteiger partial charge in [0.15, 0.2) is 0 Å². The van der Waals surface area contributed by atoms with Gasteiger partial charge in [-0.2, -0.15) is 17.0 Å². The number of rotatable bonds is 4. The smallest absolute Gasteiger partial charge is 0.0863 e. The SMILES string of the molecule is CSCCN(C)CC#N. The maximum Gasteiger partial charge on any atom is 0.0863 e. The predicted octanol–water partition coefficient (Wildman–Crippen LogP) is 0.805. The summed E-state index contributed by atoms with van der Waals surface area (Å²) in [5.74, 6) is 1.11. The normalized spacial score (nSPS) is 9.56. The topological polar surface area (TPSA) is 27.0 Å². The molecule has 0 aliphatic heterocycles. The van der Waals surface area contributed by atoms with Crippen LogP contribution in [0, 0.1) is 11.3 Å². The van der Waals surface area contributed by atoms with E-state index in [1.165, 1.54) is 0 Å². The number of thioether (sulfide) groups is 1. The fraction of sp³-hybridized carbons (Fsp3) is 0.833. The minimum atomic E-state index is 0.542. The molecule has 2 nitrogen and oxygen atoms in total. The van der Waals surface area contributed by atoms with Gasteiger partial charge in [-0.05, 0) is 13.3 Å². The molecule has 0 rings (SSSR count). The van der Waals surface area contributed by atoms with Gasteiger partial charge >= 0.3 is 0 Å². The summed E-state index contributed by atoms with van der Waals surface area (Å²) in [6, 6.07) is 2.09. The van der Waals surface area contributed by atoms with Crippen LogP contribution in [0.2, 0.25) is 0 Å². The lowest BCUT2D eigenvalue weighted by Gasteiger charge is -2.09. The summed E-state index contributed by atoms with van der Waals surface area (Å²) >= 11 is 1.80. The number of nitrogens with zero attached hydrogens (tertiary/aromatic N) is 2. The van der Waals surface area contributed by atoms with Gasteiger partial charge in [-0.1, -0.05) is 0 Å². The summed E-state index contributed by atoms with van der Waals surface area (Å²) in [7, 11) is 1.96. The van der Waals surface area contributed by atoms with E-state index in [1.807, 2.05) is 11.9 Å². The molecule has 0 saturated carbocycles. The molecule has 0 aliphatic carbocycles. The van der Waals surface area contributed by atoms with Crippen LogP contribution in [0.1, 0.15) is 0 Å². The first kappa shape index (κ1) is 8.80. The van der Waals surface area contributed by atoms with Gasteiger partial charge in [0.1, 0.15) is 0 Å². The van der Waals surface area contributed by atoms with E-state index in [-0.39, 0.29) is 0 Å². The summed E-state index contributed by atoms with van der Waals surface area (Å²) in [5.41, 5.74) is 0. The lowest BCUT2D eigenvalue weighted by molar-refractivity contribution is 0.400. The third-order valence-corrected chi connectivity index (χ3v) is 1.61. The van der Waals surface area contributed by atoms with Crippen LogP contribution in [-0.2, 0) is 0 Å². The van der Waals surface area contributed by atoms with E-state index < -0.39 is 0 Å². The third kappa shape index (κ3) is 5.67. The molecule has 52 valence electrons. The number of hydrogen-bond donors (Lipinski definition) is 0. The Kier molecular flexibility index (Phi) is 5.80. The summed E-state index contributed by atoms with van der Waals surface area (Å²) in [6.07, 6.45) is 2.07. The third-order valence-electron chi connectivity index (χ3n) is 1.02. The molecule has 0 aliphatic rings.